The Morgan fingerprint density at radius 3 is 2.75 bits per heavy atom. The van der Waals surface area contributed by atoms with Gasteiger partial charge >= 0.3 is 5.97 Å². The highest BCUT2D eigenvalue weighted by molar-refractivity contribution is 6.33. The Labute approximate surface area is 121 Å². The van der Waals surface area contributed by atoms with Crippen LogP contribution in [0.3, 0.4) is 0 Å². The van der Waals surface area contributed by atoms with E-state index in [0.717, 1.165) is 0 Å². The second kappa shape index (κ2) is 6.19. The molecular formula is C13H15ClN2O4. The maximum Gasteiger partial charge on any atom is 0.305 e. The lowest BCUT2D eigenvalue weighted by atomic mass is 9.86. The SMILES string of the molecule is O=C(O)CC1(NC(=O)c2ccncc2Cl)CCOCC1. The Morgan fingerprint density at radius 2 is 2.15 bits per heavy atom. The molecule has 0 bridgehead atoms. The van der Waals surface area contributed by atoms with Crippen LogP contribution in [0.2, 0.25) is 5.02 Å². The molecule has 0 aromatic carbocycles. The lowest BCUT2D eigenvalue weighted by Crippen LogP contribution is -2.53. The van der Waals surface area contributed by atoms with Crippen LogP contribution < -0.4 is 5.32 Å². The van der Waals surface area contributed by atoms with Crippen molar-refractivity contribution in [2.24, 2.45) is 0 Å². The second-order valence-electron chi connectivity index (χ2n) is 4.77. The van der Waals surface area contributed by atoms with Crippen LogP contribution in [0.4, 0.5) is 0 Å². The summed E-state index contributed by atoms with van der Waals surface area (Å²) in [5.74, 6) is -1.34. The van der Waals surface area contributed by atoms with E-state index >= 15 is 0 Å². The van der Waals surface area contributed by atoms with E-state index in [1.54, 1.807) is 0 Å². The largest absolute Gasteiger partial charge is 0.481 e. The first-order valence-electron chi connectivity index (χ1n) is 6.24. The van der Waals surface area contributed by atoms with Gasteiger partial charge in [-0.3, -0.25) is 14.6 Å². The van der Waals surface area contributed by atoms with E-state index in [-0.39, 0.29) is 22.9 Å². The van der Waals surface area contributed by atoms with Gasteiger partial charge in [0.1, 0.15) is 0 Å². The van der Waals surface area contributed by atoms with E-state index in [9.17, 15) is 9.59 Å². The highest BCUT2D eigenvalue weighted by Crippen LogP contribution is 2.26. The molecule has 2 N–H and O–H groups in total. The number of nitrogens with zero attached hydrogens (tertiary/aromatic N) is 1. The number of hydrogen-bond acceptors (Lipinski definition) is 4. The number of carboxylic acid groups (broad SMARTS) is 1. The topological polar surface area (TPSA) is 88.5 Å². The van der Waals surface area contributed by atoms with E-state index < -0.39 is 11.5 Å². The molecule has 1 saturated heterocycles. The predicted octanol–water partition coefficient (Wildman–Crippen LogP) is 1.49. The number of pyridine rings is 1. The molecule has 1 aromatic rings. The fourth-order valence-corrected chi connectivity index (χ4v) is 2.47. The Kier molecular flexibility index (Phi) is 4.57. The number of carbonyl (C=O) groups excluding carboxylic acids is 1. The van der Waals surface area contributed by atoms with Gasteiger partial charge in [-0.2, -0.15) is 0 Å². The maximum atomic E-state index is 12.3. The first-order chi connectivity index (χ1) is 9.52. The van der Waals surface area contributed by atoms with E-state index in [1.165, 1.54) is 18.5 Å². The van der Waals surface area contributed by atoms with Crippen molar-refractivity contribution in [1.29, 1.82) is 0 Å². The molecule has 0 radical (unpaired) electrons. The van der Waals surface area contributed by atoms with Crippen molar-refractivity contribution in [2.75, 3.05) is 13.2 Å². The van der Waals surface area contributed by atoms with Gasteiger partial charge in [0.2, 0.25) is 0 Å². The van der Waals surface area contributed by atoms with Crippen molar-refractivity contribution in [3.63, 3.8) is 0 Å². The number of carbonyl (C=O) groups is 2. The first kappa shape index (κ1) is 14.7. The number of aliphatic carboxylic acids is 1. The van der Waals surface area contributed by atoms with Crippen LogP contribution in [-0.4, -0.2) is 40.7 Å². The van der Waals surface area contributed by atoms with Gasteiger partial charge in [0.05, 0.1) is 22.5 Å². The molecule has 0 spiro atoms. The Hall–Kier alpha value is -1.66. The predicted molar refractivity (Wildman–Crippen MR) is 71.8 cm³/mol. The summed E-state index contributed by atoms with van der Waals surface area (Å²) in [4.78, 5) is 27.1. The molecule has 0 saturated carbocycles. The van der Waals surface area contributed by atoms with Gasteiger partial charge in [-0.15, -0.1) is 0 Å². The maximum absolute atomic E-state index is 12.3. The van der Waals surface area contributed by atoms with E-state index in [2.05, 4.69) is 10.3 Å². The molecule has 0 unspecified atom stereocenters. The summed E-state index contributed by atoms with van der Waals surface area (Å²) in [5, 5.41) is 12.1. The third-order valence-electron chi connectivity index (χ3n) is 3.34. The van der Waals surface area contributed by atoms with Crippen LogP contribution >= 0.6 is 11.6 Å². The van der Waals surface area contributed by atoms with Crippen LogP contribution in [0.1, 0.15) is 29.6 Å². The van der Waals surface area contributed by atoms with Crippen molar-refractivity contribution >= 4 is 23.5 Å². The Bertz CT molecular complexity index is 515. The second-order valence-corrected chi connectivity index (χ2v) is 5.18. The standard InChI is InChI=1S/C13H15ClN2O4/c14-10-8-15-4-1-9(10)12(19)16-13(7-11(17)18)2-5-20-6-3-13/h1,4,8H,2-3,5-7H2,(H,16,19)(H,17,18). The summed E-state index contributed by atoms with van der Waals surface area (Å²) in [7, 11) is 0. The van der Waals surface area contributed by atoms with Gasteiger partial charge in [0.15, 0.2) is 0 Å². The number of rotatable bonds is 4. The fraction of sp³-hybridized carbons (Fsp3) is 0.462. The summed E-state index contributed by atoms with van der Waals surface area (Å²) in [5.41, 5.74) is -0.494. The van der Waals surface area contributed by atoms with E-state index in [0.29, 0.717) is 26.1 Å². The van der Waals surface area contributed by atoms with Crippen molar-refractivity contribution in [2.45, 2.75) is 24.8 Å². The first-order valence-corrected chi connectivity index (χ1v) is 6.62. The zero-order valence-corrected chi connectivity index (χ0v) is 11.5. The number of halogens is 1. The minimum atomic E-state index is -0.951. The number of carboxylic acids is 1. The monoisotopic (exact) mass is 298 g/mol. The molecule has 0 atom stereocenters. The smallest absolute Gasteiger partial charge is 0.305 e. The van der Waals surface area contributed by atoms with Crippen LogP contribution in [0.5, 0.6) is 0 Å². The minimum absolute atomic E-state index is 0.134. The molecule has 1 amide bonds. The van der Waals surface area contributed by atoms with Crippen LogP contribution in [0.15, 0.2) is 18.5 Å². The number of aromatic nitrogens is 1. The average Bonchev–Trinajstić information content (AvgIpc) is 2.39. The third-order valence-corrected chi connectivity index (χ3v) is 3.64. The summed E-state index contributed by atoms with van der Waals surface area (Å²) in [6.07, 6.45) is 3.64. The number of ether oxygens (including phenoxy) is 1. The molecule has 1 fully saturated rings. The molecule has 108 valence electrons. The zero-order chi connectivity index (χ0) is 14.6. The molecule has 2 heterocycles. The van der Waals surface area contributed by atoms with Crippen molar-refractivity contribution < 1.29 is 19.4 Å². The van der Waals surface area contributed by atoms with Crippen molar-refractivity contribution in [3.05, 3.63) is 29.0 Å². The van der Waals surface area contributed by atoms with Crippen molar-refractivity contribution in [3.8, 4) is 0 Å². The normalized spacial score (nSPS) is 17.4. The van der Waals surface area contributed by atoms with Gasteiger partial charge in [-0.25, -0.2) is 0 Å². The summed E-state index contributed by atoms with van der Waals surface area (Å²) in [6, 6.07) is 1.51. The van der Waals surface area contributed by atoms with Crippen LogP contribution in [-0.2, 0) is 9.53 Å². The average molecular weight is 299 g/mol. The Balaban J connectivity index is 2.17. The highest BCUT2D eigenvalue weighted by atomic mass is 35.5. The number of nitrogens with one attached hydrogen (secondary N) is 1. The van der Waals surface area contributed by atoms with Gasteiger partial charge in [-0.05, 0) is 18.9 Å². The quantitative estimate of drug-likeness (QED) is 0.879. The molecular weight excluding hydrogens is 284 g/mol. The third kappa shape index (κ3) is 3.46. The highest BCUT2D eigenvalue weighted by Gasteiger charge is 2.36. The number of amides is 1. The van der Waals surface area contributed by atoms with Gasteiger partial charge < -0.3 is 15.2 Å². The summed E-state index contributed by atoms with van der Waals surface area (Å²) >= 11 is 5.92. The van der Waals surface area contributed by atoms with Gasteiger partial charge in [0.25, 0.3) is 5.91 Å². The van der Waals surface area contributed by atoms with Crippen molar-refractivity contribution in [1.82, 2.24) is 10.3 Å². The lowest BCUT2D eigenvalue weighted by molar-refractivity contribution is -0.139. The summed E-state index contributed by atoms with van der Waals surface area (Å²) < 4.78 is 5.24. The van der Waals surface area contributed by atoms with Gasteiger partial charge in [0, 0.05) is 25.6 Å². The van der Waals surface area contributed by atoms with Crippen LogP contribution in [0.25, 0.3) is 0 Å². The van der Waals surface area contributed by atoms with Crippen LogP contribution in [0, 0.1) is 0 Å². The molecule has 1 aliphatic heterocycles. The molecule has 0 aliphatic carbocycles. The number of hydrogen-bond donors (Lipinski definition) is 2. The molecule has 2 rings (SSSR count). The summed E-state index contributed by atoms with van der Waals surface area (Å²) in [6.45, 7) is 0.856. The molecule has 20 heavy (non-hydrogen) atoms. The molecule has 1 aliphatic rings. The zero-order valence-electron chi connectivity index (χ0n) is 10.8. The molecule has 7 heteroatoms. The molecule has 1 aromatic heterocycles. The van der Waals surface area contributed by atoms with E-state index in [1.807, 2.05) is 0 Å². The Morgan fingerprint density at radius 1 is 1.45 bits per heavy atom. The van der Waals surface area contributed by atoms with Gasteiger partial charge in [-0.1, -0.05) is 11.6 Å². The molecule has 6 nitrogen and oxygen atoms in total. The fourth-order valence-electron chi connectivity index (χ4n) is 2.27. The van der Waals surface area contributed by atoms with E-state index in [4.69, 9.17) is 21.4 Å². The lowest BCUT2D eigenvalue weighted by Gasteiger charge is -2.36. The minimum Gasteiger partial charge on any atom is -0.481 e.